The second-order valence-electron chi connectivity index (χ2n) is 5.42. The molecule has 0 saturated carbocycles. The summed E-state index contributed by atoms with van der Waals surface area (Å²) >= 11 is 0. The van der Waals surface area contributed by atoms with Crippen molar-refractivity contribution in [2.24, 2.45) is 0 Å². The van der Waals surface area contributed by atoms with Gasteiger partial charge in [-0.1, -0.05) is 30.3 Å². The van der Waals surface area contributed by atoms with Crippen LogP contribution in [0.5, 0.6) is 0 Å². The van der Waals surface area contributed by atoms with Crippen LogP contribution in [0.15, 0.2) is 71.3 Å². The molecule has 0 saturated heterocycles. The zero-order valence-corrected chi connectivity index (χ0v) is 13.0. The van der Waals surface area contributed by atoms with Gasteiger partial charge in [0.15, 0.2) is 0 Å². The number of para-hydroxylation sites is 1. The van der Waals surface area contributed by atoms with Crippen LogP contribution < -0.4 is 5.73 Å². The highest BCUT2D eigenvalue weighted by atomic mass is 19.1. The summed E-state index contributed by atoms with van der Waals surface area (Å²) in [6.45, 7) is 0.495. The summed E-state index contributed by atoms with van der Waals surface area (Å²) in [5.74, 6) is -0.338. The van der Waals surface area contributed by atoms with Gasteiger partial charge in [-0.05, 0) is 35.9 Å². The van der Waals surface area contributed by atoms with E-state index in [1.165, 1.54) is 23.3 Å². The lowest BCUT2D eigenvalue weighted by Crippen LogP contribution is -2.31. The Balaban J connectivity index is 1.91. The van der Waals surface area contributed by atoms with E-state index in [0.717, 1.165) is 5.56 Å². The van der Waals surface area contributed by atoms with Crippen LogP contribution in [0.2, 0.25) is 0 Å². The van der Waals surface area contributed by atoms with Crippen LogP contribution in [0.3, 0.4) is 0 Å². The van der Waals surface area contributed by atoms with Crippen molar-refractivity contribution in [1.82, 2.24) is 4.90 Å². The van der Waals surface area contributed by atoms with Gasteiger partial charge in [0.2, 0.25) is 0 Å². The van der Waals surface area contributed by atoms with E-state index in [1.54, 1.807) is 30.3 Å². The average molecular weight is 324 g/mol. The molecule has 2 aromatic carbocycles. The van der Waals surface area contributed by atoms with Gasteiger partial charge in [0.25, 0.3) is 5.91 Å². The minimum absolute atomic E-state index is 0.0264. The first kappa shape index (κ1) is 15.8. The molecule has 0 aliphatic heterocycles. The number of carbonyl (C=O) groups is 1. The van der Waals surface area contributed by atoms with E-state index in [2.05, 4.69) is 0 Å². The Morgan fingerprint density at radius 3 is 2.46 bits per heavy atom. The zero-order valence-electron chi connectivity index (χ0n) is 13.0. The van der Waals surface area contributed by atoms with Crippen LogP contribution in [0.4, 0.5) is 10.1 Å². The second-order valence-corrected chi connectivity index (χ2v) is 5.42. The van der Waals surface area contributed by atoms with Gasteiger partial charge in [-0.2, -0.15) is 0 Å². The van der Waals surface area contributed by atoms with Gasteiger partial charge in [0.05, 0.1) is 18.4 Å². The molecule has 24 heavy (non-hydrogen) atoms. The molecule has 0 fully saturated rings. The molecule has 3 aromatic rings. The third kappa shape index (κ3) is 3.46. The summed E-state index contributed by atoms with van der Waals surface area (Å²) in [5, 5.41) is 0. The summed E-state index contributed by atoms with van der Waals surface area (Å²) < 4.78 is 19.3. The minimum atomic E-state index is -0.548. The number of nitrogens with zero attached hydrogens (tertiary/aromatic N) is 1. The maximum atomic E-state index is 14.0. The van der Waals surface area contributed by atoms with E-state index in [-0.39, 0.29) is 18.7 Å². The maximum Gasteiger partial charge on any atom is 0.257 e. The summed E-state index contributed by atoms with van der Waals surface area (Å²) in [7, 11) is 0. The number of hydrogen-bond donors (Lipinski definition) is 1. The molecule has 0 bridgehead atoms. The first-order chi connectivity index (χ1) is 11.6. The monoisotopic (exact) mass is 324 g/mol. The third-order valence-electron chi connectivity index (χ3n) is 3.73. The van der Waals surface area contributed by atoms with Crippen LogP contribution in [0, 0.1) is 5.82 Å². The summed E-state index contributed by atoms with van der Waals surface area (Å²) in [4.78, 5) is 14.3. The Hall–Kier alpha value is -3.08. The first-order valence-corrected chi connectivity index (χ1v) is 7.54. The number of anilines is 1. The van der Waals surface area contributed by atoms with Crippen LogP contribution in [-0.2, 0) is 13.1 Å². The van der Waals surface area contributed by atoms with Crippen molar-refractivity contribution in [2.45, 2.75) is 13.1 Å². The molecular weight excluding hydrogens is 307 g/mol. The largest absolute Gasteiger partial charge is 0.467 e. The minimum Gasteiger partial charge on any atom is -0.467 e. The highest BCUT2D eigenvalue weighted by Crippen LogP contribution is 2.19. The standard InChI is InChI=1S/C19H17FN2O2/c20-17-9-3-2-8-16(17)19(23)22(13-15-7-5-11-24-15)12-14-6-1-4-10-18(14)21/h1-11H,12-13,21H2. The fraction of sp³-hybridized carbons (Fsp3) is 0.105. The number of hydrogen-bond acceptors (Lipinski definition) is 3. The average Bonchev–Trinajstić information content (AvgIpc) is 3.09. The quantitative estimate of drug-likeness (QED) is 0.725. The number of rotatable bonds is 5. The number of halogens is 1. The fourth-order valence-electron chi connectivity index (χ4n) is 2.48. The molecule has 2 N–H and O–H groups in total. The van der Waals surface area contributed by atoms with Crippen molar-refractivity contribution < 1.29 is 13.6 Å². The van der Waals surface area contributed by atoms with Crippen LogP contribution in [-0.4, -0.2) is 10.8 Å². The SMILES string of the molecule is Nc1ccccc1CN(Cc1ccco1)C(=O)c1ccccc1F. The lowest BCUT2D eigenvalue weighted by molar-refractivity contribution is 0.0713. The molecule has 122 valence electrons. The van der Waals surface area contributed by atoms with E-state index < -0.39 is 11.7 Å². The molecule has 0 atom stereocenters. The van der Waals surface area contributed by atoms with E-state index >= 15 is 0 Å². The molecule has 1 aromatic heterocycles. The number of benzene rings is 2. The summed E-state index contributed by atoms with van der Waals surface area (Å²) in [6, 6.07) is 16.8. The van der Waals surface area contributed by atoms with Gasteiger partial charge in [-0.15, -0.1) is 0 Å². The molecule has 0 aliphatic rings. The molecule has 1 heterocycles. The second kappa shape index (κ2) is 7.00. The predicted octanol–water partition coefficient (Wildman–Crippen LogP) is 3.84. The molecule has 5 heteroatoms. The van der Waals surface area contributed by atoms with Gasteiger partial charge in [0, 0.05) is 12.2 Å². The van der Waals surface area contributed by atoms with Crippen molar-refractivity contribution in [3.05, 3.63) is 89.6 Å². The normalized spacial score (nSPS) is 10.5. The van der Waals surface area contributed by atoms with Crippen LogP contribution in [0.1, 0.15) is 21.7 Å². The molecular formula is C19H17FN2O2. The lowest BCUT2D eigenvalue weighted by atomic mass is 10.1. The fourth-order valence-corrected chi connectivity index (χ4v) is 2.48. The van der Waals surface area contributed by atoms with Crippen molar-refractivity contribution in [2.75, 3.05) is 5.73 Å². The Kier molecular flexibility index (Phi) is 4.61. The van der Waals surface area contributed by atoms with Gasteiger partial charge in [-0.3, -0.25) is 4.79 Å². The van der Waals surface area contributed by atoms with Gasteiger partial charge < -0.3 is 15.1 Å². The summed E-state index contributed by atoms with van der Waals surface area (Å²) in [6.07, 6.45) is 1.54. The van der Waals surface area contributed by atoms with E-state index in [9.17, 15) is 9.18 Å². The summed E-state index contributed by atoms with van der Waals surface area (Å²) in [5.41, 5.74) is 7.39. The van der Waals surface area contributed by atoms with Gasteiger partial charge >= 0.3 is 0 Å². The Bertz CT molecular complexity index is 831. The highest BCUT2D eigenvalue weighted by molar-refractivity contribution is 5.94. The van der Waals surface area contributed by atoms with Crippen molar-refractivity contribution in [3.8, 4) is 0 Å². The van der Waals surface area contributed by atoms with E-state index in [0.29, 0.717) is 11.4 Å². The Labute approximate surface area is 139 Å². The Morgan fingerprint density at radius 1 is 1.00 bits per heavy atom. The maximum absolute atomic E-state index is 14.0. The van der Waals surface area contributed by atoms with Crippen LogP contribution in [0.25, 0.3) is 0 Å². The van der Waals surface area contributed by atoms with E-state index in [1.807, 2.05) is 18.2 Å². The van der Waals surface area contributed by atoms with Gasteiger partial charge in [-0.25, -0.2) is 4.39 Å². The molecule has 0 radical (unpaired) electrons. The van der Waals surface area contributed by atoms with Gasteiger partial charge in [0.1, 0.15) is 11.6 Å². The topological polar surface area (TPSA) is 59.5 Å². The molecule has 4 nitrogen and oxygen atoms in total. The number of carbonyl (C=O) groups excluding carboxylic acids is 1. The number of nitrogens with two attached hydrogens (primary N) is 1. The lowest BCUT2D eigenvalue weighted by Gasteiger charge is -2.23. The van der Waals surface area contributed by atoms with Crippen LogP contribution >= 0.6 is 0 Å². The number of nitrogen functional groups attached to an aromatic ring is 1. The van der Waals surface area contributed by atoms with Crippen molar-refractivity contribution >= 4 is 11.6 Å². The van der Waals surface area contributed by atoms with Crippen molar-refractivity contribution in [3.63, 3.8) is 0 Å². The predicted molar refractivity (Wildman–Crippen MR) is 89.5 cm³/mol. The smallest absolute Gasteiger partial charge is 0.257 e. The first-order valence-electron chi connectivity index (χ1n) is 7.54. The third-order valence-corrected chi connectivity index (χ3v) is 3.73. The Morgan fingerprint density at radius 2 is 1.75 bits per heavy atom. The molecule has 0 unspecified atom stereocenters. The number of amides is 1. The zero-order chi connectivity index (χ0) is 16.9. The number of furan rings is 1. The van der Waals surface area contributed by atoms with E-state index in [4.69, 9.17) is 10.2 Å². The highest BCUT2D eigenvalue weighted by Gasteiger charge is 2.21. The molecule has 0 spiro atoms. The molecule has 1 amide bonds. The van der Waals surface area contributed by atoms with Crippen molar-refractivity contribution in [1.29, 1.82) is 0 Å². The molecule has 3 rings (SSSR count). The molecule has 0 aliphatic carbocycles.